The molecule has 1 rings (SSSR count). The largest absolute Gasteiger partial charge is 0.393 e. The van der Waals surface area contributed by atoms with Crippen molar-refractivity contribution in [1.82, 2.24) is 5.32 Å². The van der Waals surface area contributed by atoms with Crippen LogP contribution in [-0.4, -0.2) is 23.8 Å². The number of aliphatic hydroxyl groups excluding tert-OH is 1. The SMILES string of the molecule is CC(O)CC(C)(C)CNC(C)CCc1ccccc1F. The number of benzene rings is 1. The summed E-state index contributed by atoms with van der Waals surface area (Å²) in [5, 5.41) is 13.0. The maximum absolute atomic E-state index is 13.5. The molecule has 0 aliphatic rings. The van der Waals surface area contributed by atoms with Crippen molar-refractivity contribution in [1.29, 1.82) is 0 Å². The summed E-state index contributed by atoms with van der Waals surface area (Å²) in [5.41, 5.74) is 0.852. The summed E-state index contributed by atoms with van der Waals surface area (Å²) >= 11 is 0. The zero-order chi connectivity index (χ0) is 15.2. The Kier molecular flexibility index (Phi) is 6.63. The van der Waals surface area contributed by atoms with Gasteiger partial charge in [-0.1, -0.05) is 32.0 Å². The average Bonchev–Trinajstić information content (AvgIpc) is 2.34. The van der Waals surface area contributed by atoms with Crippen molar-refractivity contribution in [2.24, 2.45) is 5.41 Å². The molecular weight excluding hydrogens is 253 g/mol. The molecular formula is C17H28FNO. The van der Waals surface area contributed by atoms with E-state index in [1.54, 1.807) is 6.07 Å². The maximum Gasteiger partial charge on any atom is 0.126 e. The first-order valence-electron chi connectivity index (χ1n) is 7.45. The van der Waals surface area contributed by atoms with Crippen LogP contribution < -0.4 is 5.32 Å². The van der Waals surface area contributed by atoms with Gasteiger partial charge in [-0.2, -0.15) is 0 Å². The first kappa shape index (κ1) is 17.1. The van der Waals surface area contributed by atoms with E-state index in [1.807, 2.05) is 19.1 Å². The minimum absolute atomic E-state index is 0.0699. The van der Waals surface area contributed by atoms with Crippen molar-refractivity contribution in [2.75, 3.05) is 6.54 Å². The van der Waals surface area contributed by atoms with E-state index in [1.165, 1.54) is 6.07 Å². The molecule has 0 heterocycles. The average molecular weight is 281 g/mol. The van der Waals surface area contributed by atoms with Crippen molar-refractivity contribution >= 4 is 0 Å². The van der Waals surface area contributed by atoms with Gasteiger partial charge in [-0.3, -0.25) is 0 Å². The van der Waals surface area contributed by atoms with E-state index in [2.05, 4.69) is 26.1 Å². The monoisotopic (exact) mass is 281 g/mol. The molecule has 0 aliphatic carbocycles. The van der Waals surface area contributed by atoms with Crippen molar-refractivity contribution in [3.8, 4) is 0 Å². The Morgan fingerprint density at radius 1 is 1.25 bits per heavy atom. The van der Waals surface area contributed by atoms with Crippen LogP contribution >= 0.6 is 0 Å². The van der Waals surface area contributed by atoms with Crippen LogP contribution in [0.1, 0.15) is 46.1 Å². The number of hydrogen-bond donors (Lipinski definition) is 2. The highest BCUT2D eigenvalue weighted by molar-refractivity contribution is 5.17. The fraction of sp³-hybridized carbons (Fsp3) is 0.647. The van der Waals surface area contributed by atoms with Crippen LogP contribution in [0.25, 0.3) is 0 Å². The van der Waals surface area contributed by atoms with Crippen LogP contribution in [0.2, 0.25) is 0 Å². The topological polar surface area (TPSA) is 32.3 Å². The Labute approximate surface area is 122 Å². The van der Waals surface area contributed by atoms with Crippen LogP contribution in [0.4, 0.5) is 4.39 Å². The normalized spacial score (nSPS) is 15.1. The first-order valence-corrected chi connectivity index (χ1v) is 7.45. The first-order chi connectivity index (χ1) is 9.30. The third-order valence-corrected chi connectivity index (χ3v) is 3.58. The van der Waals surface area contributed by atoms with Crippen LogP contribution in [0.15, 0.2) is 24.3 Å². The van der Waals surface area contributed by atoms with Gasteiger partial charge >= 0.3 is 0 Å². The Balaban J connectivity index is 2.34. The minimum atomic E-state index is -0.277. The Morgan fingerprint density at radius 3 is 2.50 bits per heavy atom. The molecule has 0 fully saturated rings. The number of aliphatic hydroxyl groups is 1. The second-order valence-corrected chi connectivity index (χ2v) is 6.63. The molecule has 0 saturated heterocycles. The molecule has 0 saturated carbocycles. The second kappa shape index (κ2) is 7.75. The molecule has 0 spiro atoms. The summed E-state index contributed by atoms with van der Waals surface area (Å²) in [6.45, 7) is 9.10. The van der Waals surface area contributed by atoms with Gasteiger partial charge in [-0.15, -0.1) is 0 Å². The van der Waals surface area contributed by atoms with Gasteiger partial charge < -0.3 is 10.4 Å². The van der Waals surface area contributed by atoms with E-state index in [0.717, 1.165) is 31.4 Å². The smallest absolute Gasteiger partial charge is 0.126 e. The molecule has 1 aromatic rings. The highest BCUT2D eigenvalue weighted by atomic mass is 19.1. The van der Waals surface area contributed by atoms with Gasteiger partial charge in [-0.25, -0.2) is 4.39 Å². The van der Waals surface area contributed by atoms with Crippen LogP contribution in [-0.2, 0) is 6.42 Å². The maximum atomic E-state index is 13.5. The summed E-state index contributed by atoms with van der Waals surface area (Å²) in [6.07, 6.45) is 2.16. The molecule has 2 unspecified atom stereocenters. The lowest BCUT2D eigenvalue weighted by atomic mass is 9.86. The predicted octanol–water partition coefficient (Wildman–Crippen LogP) is 3.53. The Morgan fingerprint density at radius 2 is 1.90 bits per heavy atom. The molecule has 0 aliphatic heterocycles. The number of aryl methyl sites for hydroxylation is 1. The highest BCUT2D eigenvalue weighted by Crippen LogP contribution is 2.21. The summed E-state index contributed by atoms with van der Waals surface area (Å²) in [6, 6.07) is 7.29. The van der Waals surface area contributed by atoms with E-state index in [4.69, 9.17) is 0 Å². The summed E-state index contributed by atoms with van der Waals surface area (Å²) in [5.74, 6) is -0.117. The van der Waals surface area contributed by atoms with Gasteiger partial charge in [-0.05, 0) is 50.2 Å². The molecule has 0 bridgehead atoms. The lowest BCUT2D eigenvalue weighted by Crippen LogP contribution is -2.37. The number of rotatable bonds is 8. The summed E-state index contributed by atoms with van der Waals surface area (Å²) in [4.78, 5) is 0. The molecule has 3 heteroatoms. The predicted molar refractivity (Wildman–Crippen MR) is 82.3 cm³/mol. The number of hydrogen-bond acceptors (Lipinski definition) is 2. The zero-order valence-corrected chi connectivity index (χ0v) is 13.1. The molecule has 0 radical (unpaired) electrons. The lowest BCUT2D eigenvalue weighted by molar-refractivity contribution is 0.126. The molecule has 1 aromatic carbocycles. The molecule has 114 valence electrons. The van der Waals surface area contributed by atoms with Crippen LogP contribution in [0.3, 0.4) is 0 Å². The summed E-state index contributed by atoms with van der Waals surface area (Å²) < 4.78 is 13.5. The molecule has 2 nitrogen and oxygen atoms in total. The molecule has 2 atom stereocenters. The third kappa shape index (κ3) is 6.49. The molecule has 0 aromatic heterocycles. The third-order valence-electron chi connectivity index (χ3n) is 3.58. The van der Waals surface area contributed by atoms with Crippen molar-refractivity contribution in [2.45, 2.75) is 59.1 Å². The van der Waals surface area contributed by atoms with E-state index in [9.17, 15) is 9.50 Å². The van der Waals surface area contributed by atoms with Gasteiger partial charge in [0, 0.05) is 12.6 Å². The molecule has 2 N–H and O–H groups in total. The van der Waals surface area contributed by atoms with Crippen LogP contribution in [0, 0.1) is 11.2 Å². The van der Waals surface area contributed by atoms with Crippen molar-refractivity contribution < 1.29 is 9.50 Å². The zero-order valence-electron chi connectivity index (χ0n) is 13.1. The summed E-state index contributed by atoms with van der Waals surface area (Å²) in [7, 11) is 0. The number of nitrogens with one attached hydrogen (secondary N) is 1. The standard InChI is InChI=1S/C17H28FNO/c1-13(19-12-17(3,4)11-14(2)20)9-10-15-7-5-6-8-16(15)18/h5-8,13-14,19-20H,9-12H2,1-4H3. The highest BCUT2D eigenvalue weighted by Gasteiger charge is 2.20. The van der Waals surface area contributed by atoms with E-state index < -0.39 is 0 Å². The number of halogens is 1. The Bertz CT molecular complexity index is 404. The van der Waals surface area contributed by atoms with Crippen molar-refractivity contribution in [3.05, 3.63) is 35.6 Å². The fourth-order valence-corrected chi connectivity index (χ4v) is 2.50. The lowest BCUT2D eigenvalue weighted by Gasteiger charge is -2.28. The van der Waals surface area contributed by atoms with Gasteiger partial charge in [0.05, 0.1) is 6.10 Å². The van der Waals surface area contributed by atoms with E-state index in [0.29, 0.717) is 6.04 Å². The van der Waals surface area contributed by atoms with E-state index in [-0.39, 0.29) is 17.3 Å². The van der Waals surface area contributed by atoms with Gasteiger partial charge in [0.25, 0.3) is 0 Å². The van der Waals surface area contributed by atoms with Gasteiger partial charge in [0.1, 0.15) is 5.82 Å². The van der Waals surface area contributed by atoms with Crippen LogP contribution in [0.5, 0.6) is 0 Å². The van der Waals surface area contributed by atoms with Gasteiger partial charge in [0.15, 0.2) is 0 Å². The molecule has 20 heavy (non-hydrogen) atoms. The van der Waals surface area contributed by atoms with Gasteiger partial charge in [0.2, 0.25) is 0 Å². The minimum Gasteiger partial charge on any atom is -0.393 e. The Hall–Kier alpha value is -0.930. The second-order valence-electron chi connectivity index (χ2n) is 6.63. The molecule has 0 amide bonds. The fourth-order valence-electron chi connectivity index (χ4n) is 2.50. The quantitative estimate of drug-likeness (QED) is 0.764. The van der Waals surface area contributed by atoms with E-state index >= 15 is 0 Å². The van der Waals surface area contributed by atoms with Crippen molar-refractivity contribution in [3.63, 3.8) is 0 Å².